The fraction of sp³-hybridized carbons (Fsp3) is 0.190. The minimum Gasteiger partial charge on any atom is -0.490 e. The second kappa shape index (κ2) is 7.07. The van der Waals surface area contributed by atoms with Gasteiger partial charge in [-0.15, -0.1) is 0 Å². The molecule has 0 fully saturated rings. The third-order valence-corrected chi connectivity index (χ3v) is 4.32. The molecule has 2 aromatic carbocycles. The van der Waals surface area contributed by atoms with Gasteiger partial charge < -0.3 is 15.0 Å². The molecule has 136 valence electrons. The van der Waals surface area contributed by atoms with Crippen molar-refractivity contribution in [1.82, 2.24) is 9.97 Å². The van der Waals surface area contributed by atoms with E-state index < -0.39 is 0 Å². The SMILES string of the molecule is Cc1cc(C)nc(Nc2cccc(C(=O)N3CCOc4ccccc43)c2)n1. The molecule has 1 aliphatic heterocycles. The second-order valence-corrected chi connectivity index (χ2v) is 6.45. The van der Waals surface area contributed by atoms with E-state index in [1.54, 1.807) is 4.90 Å². The van der Waals surface area contributed by atoms with E-state index in [2.05, 4.69) is 15.3 Å². The van der Waals surface area contributed by atoms with Crippen LogP contribution >= 0.6 is 0 Å². The van der Waals surface area contributed by atoms with Gasteiger partial charge in [0.2, 0.25) is 5.95 Å². The maximum atomic E-state index is 13.1. The van der Waals surface area contributed by atoms with E-state index in [1.165, 1.54) is 0 Å². The van der Waals surface area contributed by atoms with Gasteiger partial charge in [-0.3, -0.25) is 4.79 Å². The van der Waals surface area contributed by atoms with Crippen LogP contribution in [0.5, 0.6) is 5.75 Å². The molecule has 0 saturated heterocycles. The Balaban J connectivity index is 1.60. The van der Waals surface area contributed by atoms with Gasteiger partial charge in [0.1, 0.15) is 12.4 Å². The van der Waals surface area contributed by atoms with Crippen LogP contribution in [0.15, 0.2) is 54.6 Å². The molecule has 4 rings (SSSR count). The van der Waals surface area contributed by atoms with Gasteiger partial charge in [0, 0.05) is 22.6 Å². The van der Waals surface area contributed by atoms with Crippen LogP contribution in [-0.4, -0.2) is 29.0 Å². The maximum absolute atomic E-state index is 13.1. The fourth-order valence-electron chi connectivity index (χ4n) is 3.18. The zero-order valence-corrected chi connectivity index (χ0v) is 15.3. The number of benzene rings is 2. The molecule has 0 unspecified atom stereocenters. The number of ether oxygens (including phenoxy) is 1. The third kappa shape index (κ3) is 3.60. The molecule has 2 heterocycles. The number of nitrogens with one attached hydrogen (secondary N) is 1. The molecule has 27 heavy (non-hydrogen) atoms. The van der Waals surface area contributed by atoms with E-state index in [0.717, 1.165) is 28.5 Å². The van der Waals surface area contributed by atoms with Crippen LogP contribution in [0.3, 0.4) is 0 Å². The summed E-state index contributed by atoms with van der Waals surface area (Å²) in [7, 11) is 0. The number of carbonyl (C=O) groups is 1. The average Bonchev–Trinajstić information content (AvgIpc) is 2.66. The predicted molar refractivity (Wildman–Crippen MR) is 105 cm³/mol. The van der Waals surface area contributed by atoms with Gasteiger partial charge >= 0.3 is 0 Å². The van der Waals surface area contributed by atoms with Crippen LogP contribution in [0.2, 0.25) is 0 Å². The number of hydrogen-bond acceptors (Lipinski definition) is 5. The van der Waals surface area contributed by atoms with Crippen molar-refractivity contribution in [1.29, 1.82) is 0 Å². The van der Waals surface area contributed by atoms with Crippen molar-refractivity contribution in [3.63, 3.8) is 0 Å². The van der Waals surface area contributed by atoms with Crippen LogP contribution in [0.4, 0.5) is 17.3 Å². The number of aryl methyl sites for hydroxylation is 2. The van der Waals surface area contributed by atoms with Crippen molar-refractivity contribution in [2.24, 2.45) is 0 Å². The number of hydrogen-bond donors (Lipinski definition) is 1. The molecule has 0 saturated carbocycles. The monoisotopic (exact) mass is 360 g/mol. The summed E-state index contributed by atoms with van der Waals surface area (Å²) in [5.74, 6) is 1.19. The molecular formula is C21H20N4O2. The van der Waals surface area contributed by atoms with Crippen molar-refractivity contribution in [3.05, 3.63) is 71.5 Å². The van der Waals surface area contributed by atoms with Crippen molar-refractivity contribution in [2.75, 3.05) is 23.4 Å². The molecule has 0 bridgehead atoms. The van der Waals surface area contributed by atoms with E-state index in [9.17, 15) is 4.79 Å². The van der Waals surface area contributed by atoms with Crippen LogP contribution in [0.25, 0.3) is 0 Å². The van der Waals surface area contributed by atoms with Gasteiger partial charge in [0.25, 0.3) is 5.91 Å². The van der Waals surface area contributed by atoms with E-state index >= 15 is 0 Å². The average molecular weight is 360 g/mol. The normalized spacial score (nSPS) is 12.9. The second-order valence-electron chi connectivity index (χ2n) is 6.45. The van der Waals surface area contributed by atoms with Gasteiger partial charge in [-0.25, -0.2) is 9.97 Å². The lowest BCUT2D eigenvalue weighted by Crippen LogP contribution is -2.37. The number of para-hydroxylation sites is 2. The number of amides is 1. The Labute approximate surface area is 157 Å². The molecule has 0 radical (unpaired) electrons. The van der Waals surface area contributed by atoms with E-state index in [1.807, 2.05) is 68.4 Å². The number of rotatable bonds is 3. The highest BCUT2D eigenvalue weighted by Gasteiger charge is 2.24. The molecule has 6 heteroatoms. The van der Waals surface area contributed by atoms with Crippen LogP contribution in [0, 0.1) is 13.8 Å². The highest BCUT2D eigenvalue weighted by atomic mass is 16.5. The maximum Gasteiger partial charge on any atom is 0.258 e. The summed E-state index contributed by atoms with van der Waals surface area (Å²) in [6.07, 6.45) is 0. The highest BCUT2D eigenvalue weighted by molar-refractivity contribution is 6.07. The summed E-state index contributed by atoms with van der Waals surface area (Å²) >= 11 is 0. The molecule has 0 spiro atoms. The van der Waals surface area contributed by atoms with Gasteiger partial charge in [-0.05, 0) is 50.2 Å². The summed E-state index contributed by atoms with van der Waals surface area (Å²) in [5, 5.41) is 3.19. The third-order valence-electron chi connectivity index (χ3n) is 4.32. The Morgan fingerprint density at radius 3 is 2.63 bits per heavy atom. The van der Waals surface area contributed by atoms with Gasteiger partial charge in [-0.2, -0.15) is 0 Å². The minimum atomic E-state index is -0.0595. The Kier molecular flexibility index (Phi) is 4.46. The fourth-order valence-corrected chi connectivity index (χ4v) is 3.18. The lowest BCUT2D eigenvalue weighted by Gasteiger charge is -2.29. The number of nitrogens with zero attached hydrogens (tertiary/aromatic N) is 3. The number of aromatic nitrogens is 2. The summed E-state index contributed by atoms with van der Waals surface area (Å²) in [5.41, 5.74) is 3.95. The lowest BCUT2D eigenvalue weighted by atomic mass is 10.1. The van der Waals surface area contributed by atoms with Gasteiger partial charge in [0.15, 0.2) is 0 Å². The first-order valence-electron chi connectivity index (χ1n) is 8.83. The lowest BCUT2D eigenvalue weighted by molar-refractivity contribution is 0.0976. The largest absolute Gasteiger partial charge is 0.490 e. The molecule has 3 aromatic rings. The summed E-state index contributed by atoms with van der Waals surface area (Å²) in [4.78, 5) is 23.6. The Hall–Kier alpha value is -3.41. The van der Waals surface area contributed by atoms with E-state index in [-0.39, 0.29) is 5.91 Å². The number of carbonyl (C=O) groups excluding carboxylic acids is 1. The molecule has 1 aliphatic rings. The van der Waals surface area contributed by atoms with Crippen molar-refractivity contribution in [3.8, 4) is 5.75 Å². The first kappa shape index (κ1) is 17.0. The van der Waals surface area contributed by atoms with Gasteiger partial charge in [-0.1, -0.05) is 18.2 Å². The van der Waals surface area contributed by atoms with Crippen LogP contribution in [0.1, 0.15) is 21.7 Å². The molecular weight excluding hydrogens is 340 g/mol. The molecule has 1 aromatic heterocycles. The van der Waals surface area contributed by atoms with Crippen LogP contribution in [-0.2, 0) is 0 Å². The zero-order chi connectivity index (χ0) is 18.8. The van der Waals surface area contributed by atoms with E-state index in [0.29, 0.717) is 24.7 Å². The van der Waals surface area contributed by atoms with Gasteiger partial charge in [0.05, 0.1) is 12.2 Å². The molecule has 6 nitrogen and oxygen atoms in total. The summed E-state index contributed by atoms with van der Waals surface area (Å²) in [6, 6.07) is 16.9. The smallest absolute Gasteiger partial charge is 0.258 e. The van der Waals surface area contributed by atoms with Crippen LogP contribution < -0.4 is 15.0 Å². The topological polar surface area (TPSA) is 67.4 Å². The Morgan fingerprint density at radius 2 is 1.81 bits per heavy atom. The minimum absolute atomic E-state index is 0.0595. The highest BCUT2D eigenvalue weighted by Crippen LogP contribution is 2.32. The molecule has 1 N–H and O–H groups in total. The quantitative estimate of drug-likeness (QED) is 0.768. The standard InChI is InChI=1S/C21H20N4O2/c1-14-12-15(2)23-21(22-14)24-17-7-5-6-16(13-17)20(26)25-10-11-27-19-9-4-3-8-18(19)25/h3-9,12-13H,10-11H2,1-2H3,(H,22,23,24). The summed E-state index contributed by atoms with van der Waals surface area (Å²) < 4.78 is 5.64. The Morgan fingerprint density at radius 1 is 1.04 bits per heavy atom. The first-order chi connectivity index (χ1) is 13.1. The number of anilines is 3. The first-order valence-corrected chi connectivity index (χ1v) is 8.83. The van der Waals surface area contributed by atoms with E-state index in [4.69, 9.17) is 4.74 Å². The molecule has 1 amide bonds. The zero-order valence-electron chi connectivity index (χ0n) is 15.3. The molecule has 0 atom stereocenters. The predicted octanol–water partition coefficient (Wildman–Crippen LogP) is 3.88. The summed E-state index contributed by atoms with van der Waals surface area (Å²) in [6.45, 7) is 4.86. The molecule has 0 aliphatic carbocycles. The van der Waals surface area contributed by atoms with Crippen molar-refractivity contribution < 1.29 is 9.53 Å². The van der Waals surface area contributed by atoms with Crippen molar-refractivity contribution >= 4 is 23.2 Å². The Bertz CT molecular complexity index is 983. The van der Waals surface area contributed by atoms with Crippen molar-refractivity contribution in [2.45, 2.75) is 13.8 Å². The number of fused-ring (bicyclic) bond motifs is 1.